The normalized spacial score (nSPS) is 15.2. The van der Waals surface area contributed by atoms with Crippen LogP contribution in [0, 0.1) is 5.92 Å². The SMILES string of the molecule is CC(C)CNCc1cc(N(C)C2CC2)ncc1Cl. The molecule has 0 aromatic carbocycles. The lowest BCUT2D eigenvalue weighted by molar-refractivity contribution is 0.552. The minimum atomic E-state index is 0.652. The number of hydrogen-bond acceptors (Lipinski definition) is 3. The third-order valence-corrected chi connectivity index (χ3v) is 3.58. The summed E-state index contributed by atoms with van der Waals surface area (Å²) in [6.45, 7) is 6.22. The minimum Gasteiger partial charge on any atom is -0.357 e. The number of hydrogen-bond donors (Lipinski definition) is 1. The zero-order chi connectivity index (χ0) is 13.1. The maximum atomic E-state index is 6.19. The van der Waals surface area contributed by atoms with Crippen LogP contribution >= 0.6 is 11.6 Å². The summed E-state index contributed by atoms with van der Waals surface area (Å²) < 4.78 is 0. The molecule has 1 heterocycles. The standard InChI is InChI=1S/C14H22ClN3/c1-10(2)7-16-8-11-6-14(17-9-13(11)15)18(3)12-4-5-12/h6,9-10,12,16H,4-5,7-8H2,1-3H3. The maximum Gasteiger partial charge on any atom is 0.128 e. The van der Waals surface area contributed by atoms with Gasteiger partial charge in [-0.15, -0.1) is 0 Å². The van der Waals surface area contributed by atoms with Crippen molar-refractivity contribution < 1.29 is 0 Å². The molecule has 0 aliphatic heterocycles. The molecule has 100 valence electrons. The number of pyridine rings is 1. The quantitative estimate of drug-likeness (QED) is 0.859. The fraction of sp³-hybridized carbons (Fsp3) is 0.643. The number of nitrogens with one attached hydrogen (secondary N) is 1. The molecule has 1 aliphatic rings. The summed E-state index contributed by atoms with van der Waals surface area (Å²) in [5.41, 5.74) is 1.13. The van der Waals surface area contributed by atoms with Crippen molar-refractivity contribution in [3.63, 3.8) is 0 Å². The molecular formula is C14H22ClN3. The van der Waals surface area contributed by atoms with Gasteiger partial charge in [0, 0.05) is 25.8 Å². The summed E-state index contributed by atoms with van der Waals surface area (Å²) in [5, 5.41) is 4.17. The third kappa shape index (κ3) is 3.59. The Balaban J connectivity index is 2.01. The summed E-state index contributed by atoms with van der Waals surface area (Å²) in [6, 6.07) is 2.78. The van der Waals surface area contributed by atoms with Gasteiger partial charge in [-0.2, -0.15) is 0 Å². The second-order valence-electron chi connectivity index (χ2n) is 5.50. The number of halogens is 1. The molecule has 4 heteroatoms. The lowest BCUT2D eigenvalue weighted by Crippen LogP contribution is -2.22. The van der Waals surface area contributed by atoms with Crippen molar-refractivity contribution in [2.75, 3.05) is 18.5 Å². The molecule has 1 N–H and O–H groups in total. The van der Waals surface area contributed by atoms with Crippen LogP contribution in [0.1, 0.15) is 32.3 Å². The van der Waals surface area contributed by atoms with Gasteiger partial charge < -0.3 is 10.2 Å². The second-order valence-corrected chi connectivity index (χ2v) is 5.91. The fourth-order valence-electron chi connectivity index (χ4n) is 1.94. The predicted octanol–water partition coefficient (Wildman–Crippen LogP) is 3.08. The molecule has 0 spiro atoms. The van der Waals surface area contributed by atoms with E-state index in [9.17, 15) is 0 Å². The largest absolute Gasteiger partial charge is 0.357 e. The van der Waals surface area contributed by atoms with Gasteiger partial charge in [0.1, 0.15) is 5.82 Å². The van der Waals surface area contributed by atoms with Crippen LogP contribution in [0.5, 0.6) is 0 Å². The smallest absolute Gasteiger partial charge is 0.128 e. The monoisotopic (exact) mass is 267 g/mol. The summed E-state index contributed by atoms with van der Waals surface area (Å²) in [7, 11) is 2.11. The van der Waals surface area contributed by atoms with Gasteiger partial charge in [-0.05, 0) is 36.9 Å². The summed E-state index contributed by atoms with van der Waals surface area (Å²) >= 11 is 6.19. The Bertz CT molecular complexity index is 402. The number of anilines is 1. The number of aromatic nitrogens is 1. The van der Waals surface area contributed by atoms with E-state index in [0.717, 1.165) is 29.5 Å². The van der Waals surface area contributed by atoms with E-state index in [0.29, 0.717) is 12.0 Å². The van der Waals surface area contributed by atoms with Crippen LogP contribution < -0.4 is 10.2 Å². The minimum absolute atomic E-state index is 0.652. The predicted molar refractivity (Wildman–Crippen MR) is 77.2 cm³/mol. The van der Waals surface area contributed by atoms with Gasteiger partial charge in [-0.3, -0.25) is 0 Å². The zero-order valence-electron chi connectivity index (χ0n) is 11.4. The van der Waals surface area contributed by atoms with Gasteiger partial charge in [0.2, 0.25) is 0 Å². The van der Waals surface area contributed by atoms with E-state index < -0.39 is 0 Å². The van der Waals surface area contributed by atoms with E-state index in [1.165, 1.54) is 12.8 Å². The zero-order valence-corrected chi connectivity index (χ0v) is 12.2. The summed E-state index contributed by atoms with van der Waals surface area (Å²) in [6.07, 6.45) is 4.33. The Morgan fingerprint density at radius 3 is 2.83 bits per heavy atom. The van der Waals surface area contributed by atoms with Crippen molar-refractivity contribution in [2.24, 2.45) is 5.92 Å². The van der Waals surface area contributed by atoms with E-state index in [2.05, 4.69) is 42.2 Å². The molecule has 0 saturated heterocycles. The molecule has 3 nitrogen and oxygen atoms in total. The molecule has 18 heavy (non-hydrogen) atoms. The Hall–Kier alpha value is -0.800. The summed E-state index contributed by atoms with van der Waals surface area (Å²) in [4.78, 5) is 6.66. The van der Waals surface area contributed by atoms with E-state index >= 15 is 0 Å². The molecule has 0 atom stereocenters. The van der Waals surface area contributed by atoms with Gasteiger partial charge in [0.05, 0.1) is 5.02 Å². The Morgan fingerprint density at radius 2 is 2.22 bits per heavy atom. The Morgan fingerprint density at radius 1 is 1.50 bits per heavy atom. The molecule has 1 aromatic heterocycles. The van der Waals surface area contributed by atoms with Crippen LogP contribution in [0.4, 0.5) is 5.82 Å². The number of rotatable bonds is 6. The molecule has 0 radical (unpaired) electrons. The highest BCUT2D eigenvalue weighted by Crippen LogP contribution is 2.30. The van der Waals surface area contributed by atoms with Gasteiger partial charge >= 0.3 is 0 Å². The van der Waals surface area contributed by atoms with Crippen molar-refractivity contribution in [1.29, 1.82) is 0 Å². The average Bonchev–Trinajstić information content (AvgIpc) is 3.14. The first-order chi connectivity index (χ1) is 8.58. The highest BCUT2D eigenvalue weighted by atomic mass is 35.5. The molecule has 1 fully saturated rings. The topological polar surface area (TPSA) is 28.2 Å². The summed E-state index contributed by atoms with van der Waals surface area (Å²) in [5.74, 6) is 1.68. The molecule has 1 aromatic rings. The van der Waals surface area contributed by atoms with E-state index in [1.807, 2.05) is 0 Å². The van der Waals surface area contributed by atoms with Crippen LogP contribution in [-0.2, 0) is 6.54 Å². The highest BCUT2D eigenvalue weighted by Gasteiger charge is 2.27. The van der Waals surface area contributed by atoms with Crippen molar-refractivity contribution in [3.05, 3.63) is 22.8 Å². The first-order valence-electron chi connectivity index (χ1n) is 6.66. The maximum absolute atomic E-state index is 6.19. The molecule has 2 rings (SSSR count). The van der Waals surface area contributed by atoms with Crippen molar-refractivity contribution in [3.8, 4) is 0 Å². The third-order valence-electron chi connectivity index (χ3n) is 3.24. The van der Waals surface area contributed by atoms with Crippen molar-refractivity contribution in [2.45, 2.75) is 39.3 Å². The van der Waals surface area contributed by atoms with E-state index in [4.69, 9.17) is 11.6 Å². The molecule has 0 bridgehead atoms. The first kappa shape index (κ1) is 13.6. The van der Waals surface area contributed by atoms with Crippen LogP contribution in [0.2, 0.25) is 5.02 Å². The van der Waals surface area contributed by atoms with Crippen molar-refractivity contribution >= 4 is 17.4 Å². The van der Waals surface area contributed by atoms with Gasteiger partial charge in [-0.25, -0.2) is 4.98 Å². The van der Waals surface area contributed by atoms with E-state index in [-0.39, 0.29) is 0 Å². The van der Waals surface area contributed by atoms with Crippen LogP contribution in [0.25, 0.3) is 0 Å². The van der Waals surface area contributed by atoms with Crippen LogP contribution in [-0.4, -0.2) is 24.6 Å². The van der Waals surface area contributed by atoms with Gasteiger partial charge in [0.15, 0.2) is 0 Å². The number of nitrogens with zero attached hydrogens (tertiary/aromatic N) is 2. The van der Waals surface area contributed by atoms with Crippen molar-refractivity contribution in [1.82, 2.24) is 10.3 Å². The van der Waals surface area contributed by atoms with Crippen LogP contribution in [0.15, 0.2) is 12.3 Å². The van der Waals surface area contributed by atoms with Gasteiger partial charge in [0.25, 0.3) is 0 Å². The Labute approximate surface area is 115 Å². The van der Waals surface area contributed by atoms with Crippen LogP contribution in [0.3, 0.4) is 0 Å². The first-order valence-corrected chi connectivity index (χ1v) is 7.03. The fourth-order valence-corrected chi connectivity index (χ4v) is 2.11. The lowest BCUT2D eigenvalue weighted by atomic mass is 10.2. The lowest BCUT2D eigenvalue weighted by Gasteiger charge is -2.18. The van der Waals surface area contributed by atoms with Gasteiger partial charge in [-0.1, -0.05) is 25.4 Å². The Kier molecular flexibility index (Phi) is 4.46. The average molecular weight is 268 g/mol. The highest BCUT2D eigenvalue weighted by molar-refractivity contribution is 6.31. The molecule has 0 unspecified atom stereocenters. The molecule has 0 amide bonds. The molecule has 1 saturated carbocycles. The second kappa shape index (κ2) is 5.89. The molecular weight excluding hydrogens is 246 g/mol. The van der Waals surface area contributed by atoms with E-state index in [1.54, 1.807) is 6.20 Å². The molecule has 1 aliphatic carbocycles.